The third-order valence-corrected chi connectivity index (χ3v) is 3.17. The molecule has 0 bridgehead atoms. The predicted molar refractivity (Wildman–Crippen MR) is 84.7 cm³/mol. The number of aromatic nitrogens is 1. The van der Waals surface area contributed by atoms with Crippen molar-refractivity contribution in [3.63, 3.8) is 0 Å². The number of rotatable bonds is 7. The molecule has 0 radical (unpaired) electrons. The number of hydrogen-bond donors (Lipinski definition) is 2. The molecule has 0 unspecified atom stereocenters. The number of carbonyl (C=O) groups is 1. The van der Waals surface area contributed by atoms with Gasteiger partial charge in [-0.2, -0.15) is 0 Å². The van der Waals surface area contributed by atoms with Crippen molar-refractivity contribution in [3.05, 3.63) is 35.9 Å². The topological polar surface area (TPSA) is 63.2 Å². The Morgan fingerprint density at radius 3 is 2.90 bits per heavy atom. The zero-order chi connectivity index (χ0) is 15.1. The first-order chi connectivity index (χ1) is 10.3. The minimum Gasteiger partial charge on any atom is -0.382 e. The Morgan fingerprint density at radius 1 is 1.33 bits per heavy atom. The van der Waals surface area contributed by atoms with Crippen LogP contribution in [0.5, 0.6) is 0 Å². The maximum Gasteiger partial charge on any atom is 0.252 e. The first-order valence-electron chi connectivity index (χ1n) is 7.19. The number of anilines is 1. The van der Waals surface area contributed by atoms with Gasteiger partial charge in [-0.1, -0.05) is 18.2 Å². The second-order valence-corrected chi connectivity index (χ2v) is 4.63. The quantitative estimate of drug-likeness (QED) is 0.768. The molecule has 0 saturated carbocycles. The van der Waals surface area contributed by atoms with Crippen LogP contribution in [0.2, 0.25) is 0 Å². The molecule has 2 aromatic rings. The van der Waals surface area contributed by atoms with E-state index in [1.54, 1.807) is 13.1 Å². The van der Waals surface area contributed by atoms with Crippen molar-refractivity contribution in [2.75, 3.05) is 32.1 Å². The van der Waals surface area contributed by atoms with Gasteiger partial charge in [0.25, 0.3) is 5.91 Å². The molecule has 0 spiro atoms. The van der Waals surface area contributed by atoms with E-state index < -0.39 is 0 Å². The minimum absolute atomic E-state index is 0.0819. The molecule has 0 fully saturated rings. The number of carbonyl (C=O) groups excluding carboxylic acids is 1. The number of nitrogens with zero attached hydrogens (tertiary/aromatic N) is 1. The van der Waals surface area contributed by atoms with E-state index in [0.717, 1.165) is 17.3 Å². The smallest absolute Gasteiger partial charge is 0.252 e. The molecular formula is C16H21N3O2. The zero-order valence-electron chi connectivity index (χ0n) is 12.5. The van der Waals surface area contributed by atoms with Crippen molar-refractivity contribution >= 4 is 22.6 Å². The van der Waals surface area contributed by atoms with Gasteiger partial charge in [0, 0.05) is 32.2 Å². The molecule has 0 atom stereocenters. The standard InChI is InChI=1S/C16H21N3O2/c1-3-21-10-6-9-18-16(20)13-11-15(17-2)19-14-8-5-4-7-12(13)14/h4-5,7-8,11H,3,6,9-10H2,1-2H3,(H,17,19)(H,18,20). The van der Waals surface area contributed by atoms with Crippen LogP contribution in [0.25, 0.3) is 10.9 Å². The molecule has 2 rings (SSSR count). The van der Waals surface area contributed by atoms with Gasteiger partial charge in [-0.05, 0) is 25.5 Å². The first kappa shape index (κ1) is 15.3. The Hall–Kier alpha value is -2.14. The highest BCUT2D eigenvalue weighted by molar-refractivity contribution is 6.06. The lowest BCUT2D eigenvalue weighted by molar-refractivity contribution is 0.0946. The van der Waals surface area contributed by atoms with Crippen molar-refractivity contribution in [2.45, 2.75) is 13.3 Å². The predicted octanol–water partition coefficient (Wildman–Crippen LogP) is 2.43. The summed E-state index contributed by atoms with van der Waals surface area (Å²) in [6, 6.07) is 9.42. The lowest BCUT2D eigenvalue weighted by Crippen LogP contribution is -2.25. The number of benzene rings is 1. The van der Waals surface area contributed by atoms with Gasteiger partial charge in [0.05, 0.1) is 11.1 Å². The highest BCUT2D eigenvalue weighted by Gasteiger charge is 2.11. The molecule has 1 amide bonds. The number of ether oxygens (including phenoxy) is 1. The van der Waals surface area contributed by atoms with E-state index in [2.05, 4.69) is 15.6 Å². The van der Waals surface area contributed by atoms with Crippen molar-refractivity contribution in [1.29, 1.82) is 0 Å². The van der Waals surface area contributed by atoms with Crippen molar-refractivity contribution in [1.82, 2.24) is 10.3 Å². The summed E-state index contributed by atoms with van der Waals surface area (Å²) in [6.07, 6.45) is 0.807. The van der Waals surface area contributed by atoms with Crippen LogP contribution in [0.4, 0.5) is 5.82 Å². The lowest BCUT2D eigenvalue weighted by Gasteiger charge is -2.10. The molecule has 5 heteroatoms. The SMILES string of the molecule is CCOCCCNC(=O)c1cc(NC)nc2ccccc12. The van der Waals surface area contributed by atoms with E-state index in [-0.39, 0.29) is 5.91 Å². The van der Waals surface area contributed by atoms with Gasteiger partial charge in [0.15, 0.2) is 0 Å². The average Bonchev–Trinajstić information content (AvgIpc) is 2.53. The summed E-state index contributed by atoms with van der Waals surface area (Å²) in [5.41, 5.74) is 1.45. The molecule has 1 aromatic heterocycles. The van der Waals surface area contributed by atoms with Gasteiger partial charge in [0.2, 0.25) is 0 Å². The zero-order valence-corrected chi connectivity index (χ0v) is 12.5. The Bertz CT molecular complexity index is 613. The van der Waals surface area contributed by atoms with E-state index in [0.29, 0.717) is 31.1 Å². The Balaban J connectivity index is 2.14. The van der Waals surface area contributed by atoms with Crippen LogP contribution in [0.3, 0.4) is 0 Å². The summed E-state index contributed by atoms with van der Waals surface area (Å²) in [6.45, 7) is 3.93. The Labute approximate surface area is 124 Å². The van der Waals surface area contributed by atoms with Crippen LogP contribution in [-0.4, -0.2) is 37.7 Å². The summed E-state index contributed by atoms with van der Waals surface area (Å²) < 4.78 is 5.26. The molecule has 0 aliphatic heterocycles. The number of nitrogens with one attached hydrogen (secondary N) is 2. The molecule has 112 valence electrons. The van der Waals surface area contributed by atoms with E-state index in [1.165, 1.54) is 0 Å². The van der Waals surface area contributed by atoms with E-state index >= 15 is 0 Å². The number of fused-ring (bicyclic) bond motifs is 1. The molecule has 21 heavy (non-hydrogen) atoms. The molecule has 5 nitrogen and oxygen atoms in total. The van der Waals surface area contributed by atoms with Gasteiger partial charge >= 0.3 is 0 Å². The monoisotopic (exact) mass is 287 g/mol. The third kappa shape index (κ3) is 3.92. The van der Waals surface area contributed by atoms with E-state index in [4.69, 9.17) is 4.74 Å². The molecular weight excluding hydrogens is 266 g/mol. The van der Waals surface area contributed by atoms with Gasteiger partial charge in [0.1, 0.15) is 5.82 Å². The van der Waals surface area contributed by atoms with Gasteiger partial charge in [-0.3, -0.25) is 4.79 Å². The molecule has 0 saturated heterocycles. The second kappa shape index (κ2) is 7.59. The maximum absolute atomic E-state index is 12.4. The molecule has 0 aliphatic rings. The summed E-state index contributed by atoms with van der Waals surface area (Å²) in [5.74, 6) is 0.606. The van der Waals surface area contributed by atoms with Gasteiger partial charge < -0.3 is 15.4 Å². The molecule has 1 heterocycles. The number of hydrogen-bond acceptors (Lipinski definition) is 4. The number of pyridine rings is 1. The summed E-state index contributed by atoms with van der Waals surface area (Å²) in [7, 11) is 1.79. The Kier molecular flexibility index (Phi) is 5.51. The van der Waals surface area contributed by atoms with Crippen molar-refractivity contribution < 1.29 is 9.53 Å². The highest BCUT2D eigenvalue weighted by Crippen LogP contribution is 2.20. The summed E-state index contributed by atoms with van der Waals surface area (Å²) >= 11 is 0. The van der Waals surface area contributed by atoms with E-state index in [1.807, 2.05) is 31.2 Å². The minimum atomic E-state index is -0.0819. The van der Waals surface area contributed by atoms with Gasteiger partial charge in [-0.15, -0.1) is 0 Å². The van der Waals surface area contributed by atoms with Crippen LogP contribution in [0.15, 0.2) is 30.3 Å². The number of amides is 1. The second-order valence-electron chi connectivity index (χ2n) is 4.63. The first-order valence-corrected chi connectivity index (χ1v) is 7.19. The lowest BCUT2D eigenvalue weighted by atomic mass is 10.1. The summed E-state index contributed by atoms with van der Waals surface area (Å²) in [5, 5.41) is 6.77. The molecule has 2 N–H and O–H groups in total. The fourth-order valence-electron chi connectivity index (χ4n) is 2.11. The summed E-state index contributed by atoms with van der Waals surface area (Å²) in [4.78, 5) is 16.8. The van der Waals surface area contributed by atoms with Crippen LogP contribution >= 0.6 is 0 Å². The van der Waals surface area contributed by atoms with Crippen LogP contribution < -0.4 is 10.6 Å². The largest absolute Gasteiger partial charge is 0.382 e. The normalized spacial score (nSPS) is 10.6. The van der Waals surface area contributed by atoms with E-state index in [9.17, 15) is 4.79 Å². The van der Waals surface area contributed by atoms with Crippen LogP contribution in [0.1, 0.15) is 23.7 Å². The van der Waals surface area contributed by atoms with Crippen molar-refractivity contribution in [2.24, 2.45) is 0 Å². The Morgan fingerprint density at radius 2 is 2.14 bits per heavy atom. The fourth-order valence-corrected chi connectivity index (χ4v) is 2.11. The fraction of sp³-hybridized carbons (Fsp3) is 0.375. The third-order valence-electron chi connectivity index (χ3n) is 3.17. The highest BCUT2D eigenvalue weighted by atomic mass is 16.5. The maximum atomic E-state index is 12.4. The molecule has 1 aromatic carbocycles. The van der Waals surface area contributed by atoms with Crippen LogP contribution in [-0.2, 0) is 4.74 Å². The van der Waals surface area contributed by atoms with Crippen LogP contribution in [0, 0.1) is 0 Å². The van der Waals surface area contributed by atoms with Gasteiger partial charge in [-0.25, -0.2) is 4.98 Å². The van der Waals surface area contributed by atoms with Crippen molar-refractivity contribution in [3.8, 4) is 0 Å². The molecule has 0 aliphatic carbocycles. The average molecular weight is 287 g/mol. The number of para-hydroxylation sites is 1.